The highest BCUT2D eigenvalue weighted by molar-refractivity contribution is 5.79. The first-order chi connectivity index (χ1) is 7.52. The van der Waals surface area contributed by atoms with Gasteiger partial charge in [0.1, 0.15) is 0 Å². The van der Waals surface area contributed by atoms with Crippen LogP contribution in [0.3, 0.4) is 0 Å². The topological polar surface area (TPSA) is 58.2 Å². The van der Waals surface area contributed by atoms with Crippen molar-refractivity contribution in [1.82, 2.24) is 10.6 Å². The van der Waals surface area contributed by atoms with Crippen molar-refractivity contribution >= 4 is 11.8 Å². The molecule has 2 N–H and O–H groups in total. The zero-order valence-electron chi connectivity index (χ0n) is 10.8. The van der Waals surface area contributed by atoms with E-state index in [4.69, 9.17) is 0 Å². The second kappa shape index (κ2) is 8.13. The molecule has 0 bridgehead atoms. The maximum atomic E-state index is 11.4. The van der Waals surface area contributed by atoms with Crippen LogP contribution < -0.4 is 10.6 Å². The summed E-state index contributed by atoms with van der Waals surface area (Å²) >= 11 is 0. The molecule has 0 fully saturated rings. The van der Waals surface area contributed by atoms with Crippen molar-refractivity contribution in [1.29, 1.82) is 0 Å². The molecule has 0 saturated carbocycles. The number of carbonyl (C=O) groups excluding carboxylic acids is 2. The van der Waals surface area contributed by atoms with E-state index in [1.165, 1.54) is 0 Å². The molecule has 4 nitrogen and oxygen atoms in total. The number of carbonyl (C=O) groups is 2. The fraction of sp³-hybridized carbons (Fsp3) is 0.833. The van der Waals surface area contributed by atoms with Gasteiger partial charge in [0.05, 0.1) is 0 Å². The third-order valence-corrected chi connectivity index (χ3v) is 2.84. The highest BCUT2D eigenvalue weighted by Crippen LogP contribution is 2.00. The van der Waals surface area contributed by atoms with E-state index in [-0.39, 0.29) is 23.7 Å². The molecule has 0 aliphatic carbocycles. The highest BCUT2D eigenvalue weighted by atomic mass is 16.2. The Kier molecular flexibility index (Phi) is 7.60. The minimum absolute atomic E-state index is 0.0465. The van der Waals surface area contributed by atoms with Crippen LogP contribution in [0.5, 0.6) is 0 Å². The molecule has 0 saturated heterocycles. The lowest BCUT2D eigenvalue weighted by Crippen LogP contribution is -2.38. The summed E-state index contributed by atoms with van der Waals surface area (Å²) < 4.78 is 0. The maximum Gasteiger partial charge on any atom is 0.222 e. The normalized spacial score (nSPS) is 14.0. The van der Waals surface area contributed by atoms with Crippen molar-refractivity contribution in [3.05, 3.63) is 0 Å². The minimum Gasteiger partial charge on any atom is -0.354 e. The van der Waals surface area contributed by atoms with Gasteiger partial charge in [-0.15, -0.1) is 0 Å². The molecule has 2 amide bonds. The standard InChI is InChI=1S/C12H24N2O2/c1-5-9(3)11(15)13-7-8-14-12(16)10(4)6-2/h9-10H,5-8H2,1-4H3,(H,13,15)(H,14,16). The SMILES string of the molecule is CCC(C)C(=O)NCCNC(=O)C(C)CC. The lowest BCUT2D eigenvalue weighted by molar-refractivity contribution is -0.126. The van der Waals surface area contributed by atoms with Crippen LogP contribution in [0.2, 0.25) is 0 Å². The Labute approximate surface area is 98.2 Å². The minimum atomic E-state index is 0.0465. The largest absolute Gasteiger partial charge is 0.354 e. The zero-order chi connectivity index (χ0) is 12.6. The van der Waals surface area contributed by atoms with Crippen molar-refractivity contribution in [2.75, 3.05) is 13.1 Å². The number of nitrogens with one attached hydrogen (secondary N) is 2. The summed E-state index contributed by atoms with van der Waals surface area (Å²) in [6.07, 6.45) is 1.68. The first kappa shape index (κ1) is 14.9. The highest BCUT2D eigenvalue weighted by Gasteiger charge is 2.11. The van der Waals surface area contributed by atoms with Crippen LogP contribution in [0.1, 0.15) is 40.5 Å². The van der Waals surface area contributed by atoms with Gasteiger partial charge in [0.2, 0.25) is 11.8 Å². The molecular weight excluding hydrogens is 204 g/mol. The molecule has 94 valence electrons. The van der Waals surface area contributed by atoms with E-state index >= 15 is 0 Å². The third-order valence-electron chi connectivity index (χ3n) is 2.84. The number of hydrogen-bond acceptors (Lipinski definition) is 2. The molecule has 0 aromatic rings. The van der Waals surface area contributed by atoms with Gasteiger partial charge in [-0.05, 0) is 12.8 Å². The Bertz CT molecular complexity index is 205. The van der Waals surface area contributed by atoms with Gasteiger partial charge in [-0.1, -0.05) is 27.7 Å². The van der Waals surface area contributed by atoms with Gasteiger partial charge in [0, 0.05) is 24.9 Å². The Morgan fingerprint density at radius 2 is 1.19 bits per heavy atom. The van der Waals surface area contributed by atoms with Gasteiger partial charge in [-0.25, -0.2) is 0 Å². The summed E-state index contributed by atoms with van der Waals surface area (Å²) in [5.41, 5.74) is 0. The van der Waals surface area contributed by atoms with Crippen molar-refractivity contribution in [2.45, 2.75) is 40.5 Å². The van der Waals surface area contributed by atoms with Crippen LogP contribution >= 0.6 is 0 Å². The number of hydrogen-bond donors (Lipinski definition) is 2. The molecule has 0 heterocycles. The van der Waals surface area contributed by atoms with Crippen LogP contribution in [0.15, 0.2) is 0 Å². The lowest BCUT2D eigenvalue weighted by atomic mass is 10.1. The van der Waals surface area contributed by atoms with E-state index in [2.05, 4.69) is 10.6 Å². The van der Waals surface area contributed by atoms with Crippen LogP contribution in [0.25, 0.3) is 0 Å². The fourth-order valence-electron chi connectivity index (χ4n) is 1.09. The van der Waals surface area contributed by atoms with Crippen molar-refractivity contribution < 1.29 is 9.59 Å². The Morgan fingerprint density at radius 3 is 1.44 bits per heavy atom. The Morgan fingerprint density at radius 1 is 0.875 bits per heavy atom. The first-order valence-electron chi connectivity index (χ1n) is 6.08. The molecule has 0 aromatic carbocycles. The first-order valence-corrected chi connectivity index (χ1v) is 6.08. The quantitative estimate of drug-likeness (QED) is 0.645. The molecule has 0 rings (SSSR count). The average Bonchev–Trinajstić information content (AvgIpc) is 2.31. The van der Waals surface area contributed by atoms with Crippen molar-refractivity contribution in [2.24, 2.45) is 11.8 Å². The molecule has 2 atom stereocenters. The molecule has 16 heavy (non-hydrogen) atoms. The summed E-state index contributed by atoms with van der Waals surface area (Å²) in [5, 5.41) is 5.58. The molecule has 0 aliphatic heterocycles. The van der Waals surface area contributed by atoms with Gasteiger partial charge in [0.25, 0.3) is 0 Å². The molecule has 2 unspecified atom stereocenters. The van der Waals surface area contributed by atoms with E-state index < -0.39 is 0 Å². The van der Waals surface area contributed by atoms with E-state index in [9.17, 15) is 9.59 Å². The molecular formula is C12H24N2O2. The zero-order valence-corrected chi connectivity index (χ0v) is 10.8. The maximum absolute atomic E-state index is 11.4. The second-order valence-electron chi connectivity index (χ2n) is 4.20. The summed E-state index contributed by atoms with van der Waals surface area (Å²) in [5.74, 6) is 0.205. The van der Waals surface area contributed by atoms with E-state index in [0.29, 0.717) is 13.1 Å². The molecule has 0 aliphatic rings. The summed E-state index contributed by atoms with van der Waals surface area (Å²) in [7, 11) is 0. The van der Waals surface area contributed by atoms with Gasteiger partial charge in [-0.3, -0.25) is 9.59 Å². The Hall–Kier alpha value is -1.06. The summed E-state index contributed by atoms with van der Waals surface area (Å²) in [4.78, 5) is 22.8. The second-order valence-corrected chi connectivity index (χ2v) is 4.20. The van der Waals surface area contributed by atoms with Crippen molar-refractivity contribution in [3.63, 3.8) is 0 Å². The monoisotopic (exact) mass is 228 g/mol. The van der Waals surface area contributed by atoms with Crippen LogP contribution in [-0.4, -0.2) is 24.9 Å². The molecule has 0 radical (unpaired) electrons. The van der Waals surface area contributed by atoms with E-state index in [1.54, 1.807) is 0 Å². The fourth-order valence-corrected chi connectivity index (χ4v) is 1.09. The van der Waals surface area contributed by atoms with E-state index in [0.717, 1.165) is 12.8 Å². The van der Waals surface area contributed by atoms with Gasteiger partial charge in [0.15, 0.2) is 0 Å². The summed E-state index contributed by atoms with van der Waals surface area (Å²) in [6, 6.07) is 0. The van der Waals surface area contributed by atoms with Gasteiger partial charge < -0.3 is 10.6 Å². The lowest BCUT2D eigenvalue weighted by Gasteiger charge is -2.12. The van der Waals surface area contributed by atoms with Gasteiger partial charge in [-0.2, -0.15) is 0 Å². The third kappa shape index (κ3) is 5.73. The van der Waals surface area contributed by atoms with E-state index in [1.807, 2.05) is 27.7 Å². The Balaban J connectivity index is 3.61. The number of amides is 2. The summed E-state index contributed by atoms with van der Waals surface area (Å²) in [6.45, 7) is 8.76. The van der Waals surface area contributed by atoms with Crippen LogP contribution in [-0.2, 0) is 9.59 Å². The predicted molar refractivity (Wildman–Crippen MR) is 64.9 cm³/mol. The average molecular weight is 228 g/mol. The molecule has 0 aromatic heterocycles. The smallest absolute Gasteiger partial charge is 0.222 e. The number of rotatable bonds is 7. The molecule has 0 spiro atoms. The van der Waals surface area contributed by atoms with Crippen LogP contribution in [0, 0.1) is 11.8 Å². The van der Waals surface area contributed by atoms with Gasteiger partial charge >= 0.3 is 0 Å². The molecule has 4 heteroatoms. The van der Waals surface area contributed by atoms with Crippen LogP contribution in [0.4, 0.5) is 0 Å². The predicted octanol–water partition coefficient (Wildman–Crippen LogP) is 1.31. The van der Waals surface area contributed by atoms with Crippen molar-refractivity contribution in [3.8, 4) is 0 Å².